The number of hydrogen-bond acceptors (Lipinski definition) is 5. The second kappa shape index (κ2) is 3.61. The molecule has 0 aliphatic rings. The number of imide groups is 1. The van der Waals surface area contributed by atoms with Gasteiger partial charge in [0.1, 0.15) is 0 Å². The molecular formula is C2H6N4O4. The Balaban J connectivity index is 3.54. The molecule has 0 fully saturated rings. The highest BCUT2D eigenvalue weighted by Crippen LogP contribution is 1.64. The summed E-state index contributed by atoms with van der Waals surface area (Å²) in [5.74, 6) is 0. The van der Waals surface area contributed by atoms with Crippen LogP contribution in [0.5, 0.6) is 0 Å². The number of nitrogens with two attached hydrogens (primary N) is 1. The molecular weight excluding hydrogens is 144 g/mol. The van der Waals surface area contributed by atoms with E-state index in [2.05, 4.69) is 5.73 Å². The highest BCUT2D eigenvalue weighted by molar-refractivity contribution is 5.92. The average Bonchev–Trinajstić information content (AvgIpc) is 1.58. The molecule has 0 aromatic heterocycles. The van der Waals surface area contributed by atoms with Gasteiger partial charge in [-0.25, -0.2) is 15.0 Å². The minimum absolute atomic E-state index is 0.613. The molecule has 8 nitrogen and oxygen atoms in total. The lowest BCUT2D eigenvalue weighted by molar-refractivity contribution is -0.331. The summed E-state index contributed by atoms with van der Waals surface area (Å²) in [7, 11) is 0. The molecule has 0 aliphatic carbocycles. The van der Waals surface area contributed by atoms with Crippen molar-refractivity contribution in [3.05, 3.63) is 0 Å². The van der Waals surface area contributed by atoms with Gasteiger partial charge >= 0.3 is 12.1 Å². The van der Waals surface area contributed by atoms with E-state index in [9.17, 15) is 9.59 Å². The summed E-state index contributed by atoms with van der Waals surface area (Å²) in [6.45, 7) is 0. The summed E-state index contributed by atoms with van der Waals surface area (Å²) in [4.78, 5) is 20.0. The average molecular weight is 150 g/mol. The second-order valence-corrected chi connectivity index (χ2v) is 1.22. The van der Waals surface area contributed by atoms with Gasteiger partial charge < -0.3 is 5.73 Å². The molecule has 0 aromatic carbocycles. The SMILES string of the molecule is NC(=O)NC(=O)NN(O)O. The lowest BCUT2D eigenvalue weighted by atomic mass is 10.9. The summed E-state index contributed by atoms with van der Waals surface area (Å²) in [6, 6.07) is -2.24. The first-order valence-corrected chi connectivity index (χ1v) is 2.07. The van der Waals surface area contributed by atoms with Gasteiger partial charge in [0.05, 0.1) is 0 Å². The fourth-order valence-electron chi connectivity index (χ4n) is 0.231. The van der Waals surface area contributed by atoms with Crippen LogP contribution in [0.25, 0.3) is 0 Å². The van der Waals surface area contributed by atoms with E-state index < -0.39 is 17.4 Å². The molecule has 6 N–H and O–H groups in total. The van der Waals surface area contributed by atoms with Gasteiger partial charge in [0.25, 0.3) is 0 Å². The fraction of sp³-hybridized carbons (Fsp3) is 0. The molecule has 0 aliphatic heterocycles. The van der Waals surface area contributed by atoms with Gasteiger partial charge in [-0.1, -0.05) is 0 Å². The van der Waals surface area contributed by atoms with Gasteiger partial charge in [0.2, 0.25) is 0 Å². The van der Waals surface area contributed by atoms with Gasteiger partial charge in [0.15, 0.2) is 0 Å². The molecule has 0 spiro atoms. The lowest BCUT2D eigenvalue weighted by Gasteiger charge is -2.06. The zero-order valence-electron chi connectivity index (χ0n) is 4.74. The van der Waals surface area contributed by atoms with E-state index in [0.29, 0.717) is 0 Å². The standard InChI is InChI=1S/C2H6N4O4/c3-1(7)4-2(8)5-6(9)10/h9-10H,(H4,3,4,5,7,8). The fourth-order valence-corrected chi connectivity index (χ4v) is 0.231. The molecule has 0 rings (SSSR count). The molecule has 0 aromatic rings. The summed E-state index contributed by atoms with van der Waals surface area (Å²) in [5, 5.41) is 16.7. The van der Waals surface area contributed by atoms with Crippen LogP contribution in [-0.4, -0.2) is 27.8 Å². The van der Waals surface area contributed by atoms with Crippen LogP contribution in [0.1, 0.15) is 0 Å². The Hall–Kier alpha value is -1.38. The molecule has 0 saturated carbocycles. The van der Waals surface area contributed by atoms with Crippen molar-refractivity contribution in [2.45, 2.75) is 0 Å². The second-order valence-electron chi connectivity index (χ2n) is 1.22. The number of rotatable bonds is 1. The molecule has 4 amide bonds. The number of hydrazine groups is 1. The monoisotopic (exact) mass is 150 g/mol. The predicted molar refractivity (Wildman–Crippen MR) is 26.7 cm³/mol. The van der Waals surface area contributed by atoms with E-state index in [4.69, 9.17) is 10.4 Å². The lowest BCUT2D eigenvalue weighted by Crippen LogP contribution is -2.47. The normalized spacial score (nSPS) is 9.10. The summed E-state index contributed by atoms with van der Waals surface area (Å²) < 4.78 is 0. The first-order chi connectivity index (χ1) is 4.52. The number of urea groups is 2. The Labute approximate surface area is 55.1 Å². The molecule has 8 heteroatoms. The van der Waals surface area contributed by atoms with Gasteiger partial charge in [-0.05, 0) is 0 Å². The van der Waals surface area contributed by atoms with Crippen LogP contribution in [0.15, 0.2) is 0 Å². The van der Waals surface area contributed by atoms with Crippen LogP contribution in [-0.2, 0) is 0 Å². The van der Waals surface area contributed by atoms with E-state index in [-0.39, 0.29) is 0 Å². The number of carbonyl (C=O) groups is 2. The Bertz CT molecular complexity index is 144. The van der Waals surface area contributed by atoms with Crippen LogP contribution >= 0.6 is 0 Å². The molecule has 0 heterocycles. The number of primary amides is 1. The van der Waals surface area contributed by atoms with Crippen molar-refractivity contribution in [1.29, 1.82) is 0 Å². The first kappa shape index (κ1) is 8.62. The van der Waals surface area contributed by atoms with E-state index in [1.807, 2.05) is 0 Å². The van der Waals surface area contributed by atoms with Crippen molar-refractivity contribution in [2.75, 3.05) is 0 Å². The third kappa shape index (κ3) is 4.77. The number of nitrogens with one attached hydrogen (secondary N) is 2. The number of carbonyl (C=O) groups excluding carboxylic acids is 2. The van der Waals surface area contributed by atoms with Crippen molar-refractivity contribution < 1.29 is 20.0 Å². The number of hydrogen-bond donors (Lipinski definition) is 5. The van der Waals surface area contributed by atoms with E-state index in [1.54, 1.807) is 0 Å². The topological polar surface area (TPSA) is 128 Å². The maximum Gasteiger partial charge on any atom is 0.341 e. The third-order valence-corrected chi connectivity index (χ3v) is 0.438. The number of amides is 4. The molecule has 0 unspecified atom stereocenters. The molecule has 10 heavy (non-hydrogen) atoms. The maximum atomic E-state index is 10.2. The van der Waals surface area contributed by atoms with Crippen molar-refractivity contribution in [3.8, 4) is 0 Å². The Morgan fingerprint density at radius 1 is 1.40 bits per heavy atom. The Morgan fingerprint density at radius 3 is 2.20 bits per heavy atom. The zero-order chi connectivity index (χ0) is 8.15. The largest absolute Gasteiger partial charge is 0.351 e. The smallest absolute Gasteiger partial charge is 0.341 e. The van der Waals surface area contributed by atoms with E-state index in [0.717, 1.165) is 0 Å². The molecule has 0 saturated heterocycles. The minimum Gasteiger partial charge on any atom is -0.351 e. The summed E-state index contributed by atoms with van der Waals surface area (Å²) >= 11 is 0. The van der Waals surface area contributed by atoms with Crippen molar-refractivity contribution in [1.82, 2.24) is 16.1 Å². The number of nitrogens with zero attached hydrogens (tertiary/aromatic N) is 1. The highest BCUT2D eigenvalue weighted by atomic mass is 16.8. The predicted octanol–water partition coefficient (Wildman–Crippen LogP) is -1.64. The zero-order valence-corrected chi connectivity index (χ0v) is 4.74. The van der Waals surface area contributed by atoms with Crippen LogP contribution < -0.4 is 16.5 Å². The van der Waals surface area contributed by atoms with Crippen molar-refractivity contribution >= 4 is 12.1 Å². The first-order valence-electron chi connectivity index (χ1n) is 2.07. The van der Waals surface area contributed by atoms with Gasteiger partial charge in [-0.2, -0.15) is 0 Å². The molecule has 0 atom stereocenters. The Kier molecular flexibility index (Phi) is 3.11. The third-order valence-electron chi connectivity index (χ3n) is 0.438. The van der Waals surface area contributed by atoms with Crippen LogP contribution in [0.2, 0.25) is 0 Å². The van der Waals surface area contributed by atoms with Crippen LogP contribution in [0.3, 0.4) is 0 Å². The van der Waals surface area contributed by atoms with Crippen LogP contribution in [0.4, 0.5) is 9.59 Å². The van der Waals surface area contributed by atoms with Crippen molar-refractivity contribution in [3.63, 3.8) is 0 Å². The van der Waals surface area contributed by atoms with Crippen LogP contribution in [0, 0.1) is 0 Å². The Morgan fingerprint density at radius 2 is 1.90 bits per heavy atom. The maximum absolute atomic E-state index is 10.2. The summed E-state index contributed by atoms with van der Waals surface area (Å²) in [5.41, 5.74) is 5.84. The van der Waals surface area contributed by atoms with Gasteiger partial charge in [-0.15, -0.1) is 0 Å². The van der Waals surface area contributed by atoms with Crippen molar-refractivity contribution in [2.24, 2.45) is 5.73 Å². The van der Waals surface area contributed by atoms with E-state index >= 15 is 0 Å². The molecule has 0 radical (unpaired) electrons. The molecule has 58 valence electrons. The highest BCUT2D eigenvalue weighted by Gasteiger charge is 2.04. The van der Waals surface area contributed by atoms with E-state index in [1.165, 1.54) is 10.7 Å². The molecule has 0 bridgehead atoms. The summed E-state index contributed by atoms with van der Waals surface area (Å²) in [6.07, 6.45) is 0. The minimum atomic E-state index is -1.14. The van der Waals surface area contributed by atoms with Gasteiger partial charge in [-0.3, -0.25) is 15.7 Å². The quantitative estimate of drug-likeness (QED) is 0.286. The van der Waals surface area contributed by atoms with Gasteiger partial charge in [0, 0.05) is 5.34 Å².